The van der Waals surface area contributed by atoms with Crippen LogP contribution in [-0.4, -0.2) is 8.07 Å². The van der Waals surface area contributed by atoms with Crippen molar-refractivity contribution in [1.82, 2.24) is 0 Å². The van der Waals surface area contributed by atoms with Gasteiger partial charge in [0.15, 0.2) is 6.20 Å². The highest BCUT2D eigenvalue weighted by Gasteiger charge is 2.28. The van der Waals surface area contributed by atoms with Crippen LogP contribution in [0.2, 0.25) is 19.6 Å². The fourth-order valence-corrected chi connectivity index (χ4v) is 5.21. The first-order chi connectivity index (χ1) is 10.8. The lowest BCUT2D eigenvalue weighted by Gasteiger charge is -2.25. The molecule has 0 bridgehead atoms. The van der Waals surface area contributed by atoms with E-state index in [-0.39, 0.29) is 0 Å². The minimum Gasteiger partial charge on any atom is -0.201 e. The summed E-state index contributed by atoms with van der Waals surface area (Å²) in [5.74, 6) is 0.675. The standard InChI is InChI=1S/C21H32NSi/c1-8-17(9-2)19-15-22(4)20(14-21(19)23(5,6)7)18-13-11-10-12-16(18)3/h10-15,17H,8-9H2,1-7H3/q+1. The van der Waals surface area contributed by atoms with Crippen molar-refractivity contribution in [3.05, 3.63) is 47.7 Å². The molecule has 0 radical (unpaired) electrons. The van der Waals surface area contributed by atoms with Gasteiger partial charge in [-0.15, -0.1) is 0 Å². The number of nitrogens with zero attached hydrogens (tertiary/aromatic N) is 1. The van der Waals surface area contributed by atoms with Gasteiger partial charge in [0.1, 0.15) is 7.05 Å². The minimum absolute atomic E-state index is 0.675. The third kappa shape index (κ3) is 3.74. The van der Waals surface area contributed by atoms with Gasteiger partial charge < -0.3 is 0 Å². The van der Waals surface area contributed by atoms with Crippen molar-refractivity contribution in [2.75, 3.05) is 0 Å². The van der Waals surface area contributed by atoms with Crippen LogP contribution in [0.1, 0.15) is 43.7 Å². The van der Waals surface area contributed by atoms with Crippen molar-refractivity contribution in [2.45, 2.75) is 59.2 Å². The smallest absolute Gasteiger partial charge is 0.201 e. The number of aryl methyl sites for hydroxylation is 2. The van der Waals surface area contributed by atoms with Gasteiger partial charge in [-0.1, -0.05) is 51.7 Å². The van der Waals surface area contributed by atoms with Gasteiger partial charge in [-0.25, -0.2) is 4.57 Å². The van der Waals surface area contributed by atoms with Crippen LogP contribution >= 0.6 is 0 Å². The van der Waals surface area contributed by atoms with Crippen molar-refractivity contribution in [3.63, 3.8) is 0 Å². The third-order valence-electron chi connectivity index (χ3n) is 4.96. The molecule has 1 aromatic heterocycles. The summed E-state index contributed by atoms with van der Waals surface area (Å²) in [6, 6.07) is 11.2. The zero-order chi connectivity index (χ0) is 17.2. The highest BCUT2D eigenvalue weighted by Crippen LogP contribution is 2.26. The van der Waals surface area contributed by atoms with E-state index in [4.69, 9.17) is 0 Å². The number of hydrogen-bond donors (Lipinski definition) is 0. The number of hydrogen-bond acceptors (Lipinski definition) is 0. The van der Waals surface area contributed by atoms with E-state index in [9.17, 15) is 0 Å². The third-order valence-corrected chi connectivity index (χ3v) is 7.01. The number of aromatic nitrogens is 1. The Labute approximate surface area is 143 Å². The fraction of sp³-hybridized carbons (Fsp3) is 0.476. The van der Waals surface area contributed by atoms with E-state index in [0.29, 0.717) is 5.92 Å². The molecular formula is C21H32NSi+. The van der Waals surface area contributed by atoms with Crippen LogP contribution in [0.4, 0.5) is 0 Å². The van der Waals surface area contributed by atoms with Crippen molar-refractivity contribution < 1.29 is 4.57 Å². The molecule has 0 N–H and O–H groups in total. The van der Waals surface area contributed by atoms with Gasteiger partial charge >= 0.3 is 0 Å². The molecule has 1 heterocycles. The normalized spacial score (nSPS) is 12.0. The van der Waals surface area contributed by atoms with Crippen LogP contribution in [0, 0.1) is 6.92 Å². The average molecular weight is 327 g/mol. The molecule has 0 fully saturated rings. The summed E-state index contributed by atoms with van der Waals surface area (Å²) in [6.45, 7) is 14.2. The molecule has 0 aliphatic carbocycles. The summed E-state index contributed by atoms with van der Waals surface area (Å²) in [5, 5.41) is 1.63. The maximum atomic E-state index is 2.49. The SMILES string of the molecule is CCC(CC)c1c[n+](C)c(-c2ccccc2C)cc1[Si](C)(C)C. The summed E-state index contributed by atoms with van der Waals surface area (Å²) in [6.07, 6.45) is 4.85. The Kier molecular flexibility index (Phi) is 5.46. The van der Waals surface area contributed by atoms with Crippen molar-refractivity contribution in [3.8, 4) is 11.3 Å². The Morgan fingerprint density at radius 3 is 2.17 bits per heavy atom. The Morgan fingerprint density at radius 2 is 1.65 bits per heavy atom. The molecule has 2 rings (SSSR count). The van der Waals surface area contributed by atoms with Gasteiger partial charge in [-0.3, -0.25) is 0 Å². The molecule has 23 heavy (non-hydrogen) atoms. The van der Waals surface area contributed by atoms with Crippen molar-refractivity contribution in [1.29, 1.82) is 0 Å². The molecule has 0 saturated heterocycles. The van der Waals surface area contributed by atoms with Crippen LogP contribution < -0.4 is 9.75 Å². The molecule has 0 amide bonds. The highest BCUT2D eigenvalue weighted by atomic mass is 28.3. The summed E-state index contributed by atoms with van der Waals surface area (Å²) in [7, 11) is 0.805. The first-order valence-corrected chi connectivity index (χ1v) is 12.4. The monoisotopic (exact) mass is 326 g/mol. The van der Waals surface area contributed by atoms with E-state index < -0.39 is 8.07 Å². The number of rotatable bonds is 5. The fourth-order valence-electron chi connectivity index (χ4n) is 3.50. The largest absolute Gasteiger partial charge is 0.212 e. The molecule has 0 atom stereocenters. The van der Waals surface area contributed by atoms with Gasteiger partial charge in [0.05, 0.1) is 8.07 Å². The zero-order valence-corrected chi connectivity index (χ0v) is 16.9. The second-order valence-electron chi connectivity index (χ2n) is 7.72. The van der Waals surface area contributed by atoms with Crippen LogP contribution in [0.3, 0.4) is 0 Å². The van der Waals surface area contributed by atoms with Gasteiger partial charge in [-0.05, 0) is 42.5 Å². The maximum absolute atomic E-state index is 2.49. The second-order valence-corrected chi connectivity index (χ2v) is 12.8. The lowest BCUT2D eigenvalue weighted by Crippen LogP contribution is -2.45. The molecular weight excluding hydrogens is 294 g/mol. The van der Waals surface area contributed by atoms with E-state index in [2.05, 4.69) is 88.6 Å². The Balaban J connectivity index is 2.71. The van der Waals surface area contributed by atoms with Gasteiger partial charge in [0, 0.05) is 17.2 Å². The van der Waals surface area contributed by atoms with Gasteiger partial charge in [0.25, 0.3) is 0 Å². The summed E-state index contributed by atoms with van der Waals surface area (Å²) in [4.78, 5) is 0. The summed E-state index contributed by atoms with van der Waals surface area (Å²) in [5.41, 5.74) is 5.62. The topological polar surface area (TPSA) is 3.88 Å². The van der Waals surface area contributed by atoms with Crippen LogP contribution in [0.5, 0.6) is 0 Å². The van der Waals surface area contributed by atoms with Gasteiger partial charge in [-0.2, -0.15) is 0 Å². The first-order valence-electron chi connectivity index (χ1n) is 8.89. The predicted molar refractivity (Wildman–Crippen MR) is 104 cm³/mol. The van der Waals surface area contributed by atoms with Crippen molar-refractivity contribution in [2.24, 2.45) is 7.05 Å². The number of pyridine rings is 1. The van der Waals surface area contributed by atoms with E-state index >= 15 is 0 Å². The Morgan fingerprint density at radius 1 is 1.04 bits per heavy atom. The van der Waals surface area contributed by atoms with Crippen LogP contribution in [0.15, 0.2) is 36.5 Å². The quantitative estimate of drug-likeness (QED) is 0.541. The van der Waals surface area contributed by atoms with E-state index in [0.717, 1.165) is 0 Å². The minimum atomic E-state index is -1.39. The lowest BCUT2D eigenvalue weighted by atomic mass is 9.94. The second kappa shape index (κ2) is 7.00. The van der Waals surface area contributed by atoms with Crippen molar-refractivity contribution >= 4 is 13.3 Å². The number of benzene rings is 1. The summed E-state index contributed by atoms with van der Waals surface area (Å²) < 4.78 is 2.33. The molecule has 0 spiro atoms. The maximum Gasteiger partial charge on any atom is 0.212 e. The first kappa shape index (κ1) is 17.9. The average Bonchev–Trinajstić information content (AvgIpc) is 2.48. The molecule has 2 aromatic rings. The van der Waals surface area contributed by atoms with Gasteiger partial charge in [0.2, 0.25) is 5.69 Å². The Hall–Kier alpha value is -1.41. The summed E-state index contributed by atoms with van der Waals surface area (Å²) >= 11 is 0. The molecule has 0 saturated carbocycles. The Bertz CT molecular complexity index is 679. The van der Waals surface area contributed by atoms with E-state index in [1.807, 2.05) is 0 Å². The van der Waals surface area contributed by atoms with E-state index in [1.54, 1.807) is 10.8 Å². The zero-order valence-electron chi connectivity index (χ0n) is 15.9. The molecule has 124 valence electrons. The highest BCUT2D eigenvalue weighted by molar-refractivity contribution is 6.89. The lowest BCUT2D eigenvalue weighted by molar-refractivity contribution is -0.660. The van der Waals surface area contributed by atoms with Crippen LogP contribution in [0.25, 0.3) is 11.3 Å². The molecule has 2 heteroatoms. The van der Waals surface area contributed by atoms with E-state index in [1.165, 1.54) is 29.7 Å². The molecule has 1 aromatic carbocycles. The van der Waals surface area contributed by atoms with Crippen LogP contribution in [-0.2, 0) is 7.05 Å². The molecule has 0 aliphatic rings. The predicted octanol–water partition coefficient (Wildman–Crippen LogP) is 4.94. The molecule has 1 nitrogen and oxygen atoms in total. The molecule has 0 unspecified atom stereocenters. The molecule has 0 aliphatic heterocycles.